The summed E-state index contributed by atoms with van der Waals surface area (Å²) >= 11 is 0. The Morgan fingerprint density at radius 3 is 2.78 bits per heavy atom. The lowest BCUT2D eigenvalue weighted by atomic mass is 10.1. The van der Waals surface area contributed by atoms with Crippen LogP contribution in [-0.4, -0.2) is 79.9 Å². The zero-order chi connectivity index (χ0) is 18.8. The Balaban J connectivity index is 1.55. The largest absolute Gasteiger partial charge is 0.370 e. The van der Waals surface area contributed by atoms with Crippen LogP contribution >= 0.6 is 0 Å². The van der Waals surface area contributed by atoms with Crippen LogP contribution in [0, 0.1) is 11.3 Å². The minimum absolute atomic E-state index is 0.179. The quantitative estimate of drug-likeness (QED) is 0.829. The summed E-state index contributed by atoms with van der Waals surface area (Å²) < 4.78 is 6.26. The fraction of sp³-hybridized carbons (Fsp3) is 0.524. The summed E-state index contributed by atoms with van der Waals surface area (Å²) in [6, 6.07) is 10.2. The van der Waals surface area contributed by atoms with Crippen LogP contribution in [0.4, 0.5) is 5.69 Å². The Morgan fingerprint density at radius 2 is 2.00 bits per heavy atom. The van der Waals surface area contributed by atoms with Crippen LogP contribution in [0.2, 0.25) is 0 Å². The molecule has 0 N–H and O–H groups in total. The van der Waals surface area contributed by atoms with Crippen LogP contribution < -0.4 is 4.90 Å². The van der Waals surface area contributed by atoms with Crippen LogP contribution in [0.5, 0.6) is 0 Å². The number of ether oxygens (including phenoxy) is 1. The minimum atomic E-state index is 0.179. The Kier molecular flexibility index (Phi) is 5.26. The van der Waals surface area contributed by atoms with Crippen molar-refractivity contribution in [3.8, 4) is 6.07 Å². The number of fused-ring (bicyclic) bond motifs is 1. The van der Waals surface area contributed by atoms with Gasteiger partial charge in [0.15, 0.2) is 0 Å². The number of anilines is 1. The number of likely N-dealkylation sites (N-methyl/N-ethyl adjacent to an activating group) is 1. The lowest BCUT2D eigenvalue weighted by molar-refractivity contribution is -0.0369. The first-order valence-corrected chi connectivity index (χ1v) is 9.73. The van der Waals surface area contributed by atoms with Crippen molar-refractivity contribution in [2.24, 2.45) is 0 Å². The molecule has 142 valence electrons. The molecule has 0 spiro atoms. The first-order valence-electron chi connectivity index (χ1n) is 9.73. The average Bonchev–Trinajstić information content (AvgIpc) is 2.68. The van der Waals surface area contributed by atoms with Gasteiger partial charge < -0.3 is 14.5 Å². The molecule has 4 rings (SSSR count). The van der Waals surface area contributed by atoms with Gasteiger partial charge in [-0.3, -0.25) is 9.88 Å². The second kappa shape index (κ2) is 7.81. The number of piperazine rings is 1. The van der Waals surface area contributed by atoms with E-state index in [1.807, 2.05) is 12.1 Å². The first kappa shape index (κ1) is 18.2. The number of hydrogen-bond acceptors (Lipinski definition) is 6. The summed E-state index contributed by atoms with van der Waals surface area (Å²) in [5.41, 5.74) is 2.56. The third kappa shape index (κ3) is 3.91. The molecule has 2 aliphatic rings. The molecule has 2 aromatic rings. The van der Waals surface area contributed by atoms with Crippen molar-refractivity contribution in [1.29, 1.82) is 5.26 Å². The van der Waals surface area contributed by atoms with Gasteiger partial charge in [-0.1, -0.05) is 0 Å². The standard InChI is InChI=1S/C21H27N5O/c1-16-13-26(15-18(27-16)14-25-10-8-24(2)9-11-25)20-6-5-17(12-22)21-19(20)4-3-7-23-21/h3-7,16,18H,8-11,13-15H2,1-2H3/t16-,18-/m1/s1. The molecule has 0 radical (unpaired) electrons. The van der Waals surface area contributed by atoms with Crippen LogP contribution in [0.25, 0.3) is 10.9 Å². The molecule has 6 nitrogen and oxygen atoms in total. The molecule has 6 heteroatoms. The van der Waals surface area contributed by atoms with Crippen molar-refractivity contribution < 1.29 is 4.74 Å². The molecule has 3 heterocycles. The van der Waals surface area contributed by atoms with Gasteiger partial charge in [0.2, 0.25) is 0 Å². The van der Waals surface area contributed by atoms with Crippen molar-refractivity contribution in [2.45, 2.75) is 19.1 Å². The Hall–Kier alpha value is -2.20. The highest BCUT2D eigenvalue weighted by molar-refractivity contribution is 5.95. The number of hydrogen-bond donors (Lipinski definition) is 0. The highest BCUT2D eigenvalue weighted by Crippen LogP contribution is 2.30. The second-order valence-electron chi connectivity index (χ2n) is 7.72. The van der Waals surface area contributed by atoms with E-state index in [9.17, 15) is 5.26 Å². The fourth-order valence-corrected chi connectivity index (χ4v) is 4.18. The molecule has 1 aromatic heterocycles. The molecule has 27 heavy (non-hydrogen) atoms. The third-order valence-corrected chi connectivity index (χ3v) is 5.59. The van der Waals surface area contributed by atoms with Gasteiger partial charge in [0.05, 0.1) is 23.3 Å². The molecule has 0 amide bonds. The molecule has 0 unspecified atom stereocenters. The molecular formula is C21H27N5O. The van der Waals surface area contributed by atoms with Gasteiger partial charge in [0.25, 0.3) is 0 Å². The van der Waals surface area contributed by atoms with Crippen LogP contribution in [-0.2, 0) is 4.74 Å². The summed E-state index contributed by atoms with van der Waals surface area (Å²) in [5.74, 6) is 0. The number of nitrogens with zero attached hydrogens (tertiary/aromatic N) is 5. The second-order valence-corrected chi connectivity index (χ2v) is 7.72. The molecule has 0 saturated carbocycles. The van der Waals surface area contributed by atoms with Crippen LogP contribution in [0.3, 0.4) is 0 Å². The molecule has 2 fully saturated rings. The maximum atomic E-state index is 9.39. The maximum Gasteiger partial charge on any atom is 0.101 e. The smallest absolute Gasteiger partial charge is 0.101 e. The lowest BCUT2D eigenvalue weighted by Gasteiger charge is -2.41. The molecular weight excluding hydrogens is 338 g/mol. The van der Waals surface area contributed by atoms with Gasteiger partial charge in [0.1, 0.15) is 6.07 Å². The number of aromatic nitrogens is 1. The van der Waals surface area contributed by atoms with Gasteiger partial charge in [-0.25, -0.2) is 0 Å². The van der Waals surface area contributed by atoms with E-state index in [4.69, 9.17) is 4.74 Å². The molecule has 2 aliphatic heterocycles. The van der Waals surface area contributed by atoms with Crippen molar-refractivity contribution in [3.63, 3.8) is 0 Å². The summed E-state index contributed by atoms with van der Waals surface area (Å²) in [7, 11) is 2.18. The number of morpholine rings is 1. The van der Waals surface area contributed by atoms with Crippen molar-refractivity contribution in [3.05, 3.63) is 36.0 Å². The molecule has 0 aliphatic carbocycles. The van der Waals surface area contributed by atoms with Gasteiger partial charge in [-0.2, -0.15) is 5.26 Å². The van der Waals surface area contributed by atoms with E-state index >= 15 is 0 Å². The van der Waals surface area contributed by atoms with E-state index in [2.05, 4.69) is 51.9 Å². The van der Waals surface area contributed by atoms with E-state index in [1.54, 1.807) is 6.20 Å². The third-order valence-electron chi connectivity index (χ3n) is 5.59. The maximum absolute atomic E-state index is 9.39. The monoisotopic (exact) mass is 365 g/mol. The predicted octanol–water partition coefficient (Wildman–Crippen LogP) is 1.95. The average molecular weight is 365 g/mol. The van der Waals surface area contributed by atoms with Crippen molar-refractivity contribution >= 4 is 16.6 Å². The van der Waals surface area contributed by atoms with E-state index < -0.39 is 0 Å². The molecule has 2 saturated heterocycles. The van der Waals surface area contributed by atoms with Gasteiger partial charge in [-0.15, -0.1) is 0 Å². The Morgan fingerprint density at radius 1 is 1.19 bits per heavy atom. The SMILES string of the molecule is C[C@@H]1CN(c2ccc(C#N)c3ncccc23)C[C@@H](CN2CCN(C)CC2)O1. The number of nitriles is 1. The number of pyridine rings is 1. The van der Waals surface area contributed by atoms with Gasteiger partial charge >= 0.3 is 0 Å². The number of benzene rings is 1. The zero-order valence-electron chi connectivity index (χ0n) is 16.1. The van der Waals surface area contributed by atoms with Crippen LogP contribution in [0.1, 0.15) is 12.5 Å². The molecule has 2 atom stereocenters. The fourth-order valence-electron chi connectivity index (χ4n) is 4.18. The summed E-state index contributed by atoms with van der Waals surface area (Å²) in [6.07, 6.45) is 2.13. The van der Waals surface area contributed by atoms with E-state index in [-0.39, 0.29) is 12.2 Å². The summed E-state index contributed by atoms with van der Waals surface area (Å²) in [5, 5.41) is 10.4. The molecule has 1 aromatic carbocycles. The predicted molar refractivity (Wildman–Crippen MR) is 107 cm³/mol. The topological polar surface area (TPSA) is 55.6 Å². The lowest BCUT2D eigenvalue weighted by Crippen LogP contribution is -2.53. The highest BCUT2D eigenvalue weighted by atomic mass is 16.5. The summed E-state index contributed by atoms with van der Waals surface area (Å²) in [6.45, 7) is 9.30. The minimum Gasteiger partial charge on any atom is -0.370 e. The van der Waals surface area contributed by atoms with Gasteiger partial charge in [0, 0.05) is 63.1 Å². The van der Waals surface area contributed by atoms with E-state index in [0.29, 0.717) is 5.56 Å². The first-order chi connectivity index (χ1) is 13.1. The Bertz CT molecular complexity index is 840. The zero-order valence-corrected chi connectivity index (χ0v) is 16.1. The number of rotatable bonds is 3. The van der Waals surface area contributed by atoms with Crippen molar-refractivity contribution in [2.75, 3.05) is 57.8 Å². The summed E-state index contributed by atoms with van der Waals surface area (Å²) in [4.78, 5) is 11.7. The normalized spacial score (nSPS) is 24.9. The highest BCUT2D eigenvalue weighted by Gasteiger charge is 2.29. The molecule has 0 bridgehead atoms. The van der Waals surface area contributed by atoms with Crippen molar-refractivity contribution in [1.82, 2.24) is 14.8 Å². The van der Waals surface area contributed by atoms with E-state index in [1.165, 1.54) is 0 Å². The Labute approximate surface area is 160 Å². The van der Waals surface area contributed by atoms with E-state index in [0.717, 1.165) is 62.4 Å². The van der Waals surface area contributed by atoms with Gasteiger partial charge in [-0.05, 0) is 38.2 Å². The van der Waals surface area contributed by atoms with Crippen LogP contribution in [0.15, 0.2) is 30.5 Å².